The van der Waals surface area contributed by atoms with Crippen LogP contribution in [0.1, 0.15) is 59.3 Å². The minimum Gasteiger partial charge on any atom is -0.465 e. The number of ether oxygens (including phenoxy) is 1. The van der Waals surface area contributed by atoms with Gasteiger partial charge in [0.25, 0.3) is 0 Å². The van der Waals surface area contributed by atoms with Gasteiger partial charge in [-0.25, -0.2) is 0 Å². The molecule has 0 amide bonds. The number of hydrogen-bond acceptors (Lipinski definition) is 2. The zero-order valence-electron chi connectivity index (χ0n) is 11.0. The normalized spacial score (nSPS) is 12.9. The second-order valence-electron chi connectivity index (χ2n) is 4.18. The van der Waals surface area contributed by atoms with E-state index < -0.39 is 0 Å². The summed E-state index contributed by atoms with van der Waals surface area (Å²) in [4.78, 5) is 11.3. The Bertz CT molecular complexity index is 197. The molecule has 0 aliphatic carbocycles. The van der Waals surface area contributed by atoms with E-state index in [9.17, 15) is 4.79 Å². The molecule has 0 bridgehead atoms. The van der Waals surface area contributed by atoms with Gasteiger partial charge in [-0.1, -0.05) is 52.2 Å². The zero-order chi connectivity index (χ0) is 12.2. The number of unbranched alkanes of at least 4 members (excludes halogenated alkanes) is 1. The van der Waals surface area contributed by atoms with Gasteiger partial charge in [-0.15, -0.1) is 0 Å². The van der Waals surface area contributed by atoms with Gasteiger partial charge in [0.05, 0.1) is 13.0 Å². The van der Waals surface area contributed by atoms with E-state index in [-0.39, 0.29) is 5.97 Å². The van der Waals surface area contributed by atoms with Crippen molar-refractivity contribution in [3.8, 4) is 0 Å². The third-order valence-electron chi connectivity index (χ3n) is 2.71. The minimum absolute atomic E-state index is 0.0975. The van der Waals surface area contributed by atoms with Crippen LogP contribution in [0.4, 0.5) is 0 Å². The van der Waals surface area contributed by atoms with Crippen LogP contribution < -0.4 is 0 Å². The lowest BCUT2D eigenvalue weighted by Crippen LogP contribution is -2.13. The lowest BCUT2D eigenvalue weighted by Gasteiger charge is -2.14. The van der Waals surface area contributed by atoms with Crippen LogP contribution in [0.25, 0.3) is 0 Å². The zero-order valence-corrected chi connectivity index (χ0v) is 11.0. The Morgan fingerprint density at radius 2 is 2.00 bits per heavy atom. The van der Waals surface area contributed by atoms with Crippen molar-refractivity contribution in [3.63, 3.8) is 0 Å². The Morgan fingerprint density at radius 1 is 1.25 bits per heavy atom. The lowest BCUT2D eigenvalue weighted by atomic mass is 10.0. The van der Waals surface area contributed by atoms with Gasteiger partial charge in [-0.3, -0.25) is 4.79 Å². The molecule has 0 aromatic heterocycles. The molecule has 0 radical (unpaired) electrons. The molecular weight excluding hydrogens is 200 g/mol. The van der Waals surface area contributed by atoms with Crippen molar-refractivity contribution in [2.24, 2.45) is 5.92 Å². The van der Waals surface area contributed by atoms with Crippen molar-refractivity contribution in [1.82, 2.24) is 0 Å². The number of hydrogen-bond donors (Lipinski definition) is 0. The molecule has 16 heavy (non-hydrogen) atoms. The molecule has 1 unspecified atom stereocenters. The van der Waals surface area contributed by atoms with E-state index in [1.54, 1.807) is 0 Å². The first-order chi connectivity index (χ1) is 7.74. The summed E-state index contributed by atoms with van der Waals surface area (Å²) in [5, 5.41) is 0. The fourth-order valence-electron chi connectivity index (χ4n) is 1.51. The molecule has 0 spiro atoms. The second kappa shape index (κ2) is 10.7. The maximum atomic E-state index is 11.3. The number of carbonyl (C=O) groups is 1. The van der Waals surface area contributed by atoms with Gasteiger partial charge in [-0.05, 0) is 18.8 Å². The molecule has 0 rings (SSSR count). The van der Waals surface area contributed by atoms with Gasteiger partial charge in [0, 0.05) is 0 Å². The van der Waals surface area contributed by atoms with E-state index in [0.717, 1.165) is 12.8 Å². The van der Waals surface area contributed by atoms with Gasteiger partial charge >= 0.3 is 5.97 Å². The summed E-state index contributed by atoms with van der Waals surface area (Å²) in [6, 6.07) is 0. The first-order valence-corrected chi connectivity index (χ1v) is 6.55. The van der Waals surface area contributed by atoms with Crippen LogP contribution >= 0.6 is 0 Å². The van der Waals surface area contributed by atoms with Gasteiger partial charge in [-0.2, -0.15) is 0 Å². The summed E-state index contributed by atoms with van der Waals surface area (Å²) in [6.45, 7) is 6.99. The van der Waals surface area contributed by atoms with Gasteiger partial charge < -0.3 is 4.74 Å². The highest BCUT2D eigenvalue weighted by Gasteiger charge is 2.08. The Kier molecular flexibility index (Phi) is 10.2. The number of esters is 1. The van der Waals surface area contributed by atoms with Crippen LogP contribution in [-0.4, -0.2) is 12.6 Å². The first kappa shape index (κ1) is 15.2. The molecule has 0 saturated carbocycles. The number of rotatable bonds is 9. The van der Waals surface area contributed by atoms with Crippen LogP contribution in [-0.2, 0) is 9.53 Å². The molecule has 0 heterocycles. The summed E-state index contributed by atoms with van der Waals surface area (Å²) in [5.41, 5.74) is 0. The average molecular weight is 226 g/mol. The number of carbonyl (C=O) groups excluding carboxylic acids is 1. The molecule has 2 heteroatoms. The van der Waals surface area contributed by atoms with E-state index in [1.165, 1.54) is 19.3 Å². The molecule has 0 aromatic rings. The van der Waals surface area contributed by atoms with Crippen molar-refractivity contribution in [2.45, 2.75) is 59.3 Å². The largest absolute Gasteiger partial charge is 0.465 e. The van der Waals surface area contributed by atoms with Crippen LogP contribution in [0.2, 0.25) is 0 Å². The molecule has 0 fully saturated rings. The smallest absolute Gasteiger partial charge is 0.309 e. The number of allylic oxidation sites excluding steroid dienone is 1. The van der Waals surface area contributed by atoms with E-state index in [4.69, 9.17) is 4.74 Å². The van der Waals surface area contributed by atoms with Crippen LogP contribution in [0.15, 0.2) is 12.2 Å². The van der Waals surface area contributed by atoms with Crippen LogP contribution in [0.3, 0.4) is 0 Å². The second-order valence-corrected chi connectivity index (χ2v) is 4.18. The third-order valence-corrected chi connectivity index (χ3v) is 2.71. The summed E-state index contributed by atoms with van der Waals surface area (Å²) in [6.07, 6.45) is 9.98. The molecule has 0 aliphatic rings. The molecule has 0 N–H and O–H groups in total. The highest BCUT2D eigenvalue weighted by atomic mass is 16.5. The average Bonchev–Trinajstić information content (AvgIpc) is 2.30. The van der Waals surface area contributed by atoms with Gasteiger partial charge in [0.1, 0.15) is 0 Å². The van der Waals surface area contributed by atoms with Crippen molar-refractivity contribution in [1.29, 1.82) is 0 Å². The first-order valence-electron chi connectivity index (χ1n) is 6.55. The maximum absolute atomic E-state index is 11.3. The highest BCUT2D eigenvalue weighted by Crippen LogP contribution is 2.13. The summed E-state index contributed by atoms with van der Waals surface area (Å²) in [7, 11) is 0. The van der Waals surface area contributed by atoms with Crippen molar-refractivity contribution < 1.29 is 9.53 Å². The van der Waals surface area contributed by atoms with Gasteiger partial charge in [0.15, 0.2) is 0 Å². The Balaban J connectivity index is 3.66. The van der Waals surface area contributed by atoms with Crippen molar-refractivity contribution >= 4 is 5.97 Å². The van der Waals surface area contributed by atoms with Crippen molar-refractivity contribution in [2.75, 3.05) is 6.61 Å². The predicted molar refractivity (Wildman–Crippen MR) is 68.3 cm³/mol. The molecule has 94 valence electrons. The van der Waals surface area contributed by atoms with E-state index in [2.05, 4.69) is 20.8 Å². The molecular formula is C14H26O2. The van der Waals surface area contributed by atoms with Gasteiger partial charge in [0.2, 0.25) is 0 Å². The quantitative estimate of drug-likeness (QED) is 0.437. The Hall–Kier alpha value is -0.790. The van der Waals surface area contributed by atoms with Crippen LogP contribution in [0.5, 0.6) is 0 Å². The van der Waals surface area contributed by atoms with E-state index in [1.807, 2.05) is 12.2 Å². The topological polar surface area (TPSA) is 26.3 Å². The summed E-state index contributed by atoms with van der Waals surface area (Å²) < 4.78 is 5.25. The molecule has 0 saturated heterocycles. The van der Waals surface area contributed by atoms with E-state index >= 15 is 0 Å². The van der Waals surface area contributed by atoms with Crippen LogP contribution in [0, 0.1) is 5.92 Å². The maximum Gasteiger partial charge on any atom is 0.309 e. The summed E-state index contributed by atoms with van der Waals surface area (Å²) >= 11 is 0. The Morgan fingerprint density at radius 3 is 2.56 bits per heavy atom. The third kappa shape index (κ3) is 8.51. The molecule has 1 atom stereocenters. The SMILES string of the molecule is CC/C=C\CC(=O)OCC(CC)CCCC. The molecule has 0 aromatic carbocycles. The highest BCUT2D eigenvalue weighted by molar-refractivity contribution is 5.71. The molecule has 0 aliphatic heterocycles. The van der Waals surface area contributed by atoms with E-state index in [0.29, 0.717) is 18.9 Å². The van der Waals surface area contributed by atoms with Crippen molar-refractivity contribution in [3.05, 3.63) is 12.2 Å². The monoisotopic (exact) mass is 226 g/mol. The fraction of sp³-hybridized carbons (Fsp3) is 0.786. The standard InChI is InChI=1S/C14H26O2/c1-4-7-9-11-14(15)16-12-13(6-3)10-8-5-2/h7,9,13H,4-6,8,10-12H2,1-3H3/b9-7-. The lowest BCUT2D eigenvalue weighted by molar-refractivity contribution is -0.144. The predicted octanol–water partition coefficient (Wildman–Crippen LogP) is 4.10. The minimum atomic E-state index is -0.0975. The fourth-order valence-corrected chi connectivity index (χ4v) is 1.51. The Labute approximate surface area is 100 Å². The molecule has 2 nitrogen and oxygen atoms in total. The summed E-state index contributed by atoms with van der Waals surface area (Å²) in [5.74, 6) is 0.443.